The number of hydrogen-bond acceptors (Lipinski definition) is 4. The molecule has 0 aliphatic heterocycles. The molecule has 14 heavy (non-hydrogen) atoms. The molecule has 0 atom stereocenters. The zero-order chi connectivity index (χ0) is 10.7. The van der Waals surface area contributed by atoms with E-state index in [-0.39, 0.29) is 0 Å². The molecule has 0 fully saturated rings. The Morgan fingerprint density at radius 3 is 2.43 bits per heavy atom. The molecule has 0 amide bonds. The van der Waals surface area contributed by atoms with Crippen LogP contribution in [0.3, 0.4) is 0 Å². The van der Waals surface area contributed by atoms with E-state index >= 15 is 0 Å². The molecule has 2 N–H and O–H groups in total. The van der Waals surface area contributed by atoms with E-state index in [0.717, 1.165) is 28.8 Å². The maximum Gasteiger partial charge on any atom is 0.186 e. The van der Waals surface area contributed by atoms with Gasteiger partial charge in [-0.2, -0.15) is 0 Å². The average molecular weight is 229 g/mol. The topological polar surface area (TPSA) is 42.2 Å². The summed E-state index contributed by atoms with van der Waals surface area (Å²) >= 11 is 6.53. The van der Waals surface area contributed by atoms with Gasteiger partial charge < -0.3 is 10.6 Å². The summed E-state index contributed by atoms with van der Waals surface area (Å²) in [5.41, 5.74) is 6.53. The second-order valence-electron chi connectivity index (χ2n) is 2.95. The number of aryl methyl sites for hydroxylation is 1. The lowest BCUT2D eigenvalue weighted by Crippen LogP contribution is -2.21. The van der Waals surface area contributed by atoms with Crippen molar-refractivity contribution in [3.63, 3.8) is 0 Å². The van der Waals surface area contributed by atoms with Crippen molar-refractivity contribution in [3.05, 3.63) is 10.6 Å². The molecule has 0 aliphatic carbocycles. The standard InChI is InChI=1S/C9H15N3S2/c1-4-12(5-2)9-11-6(3)7(14-9)8(10)13/h4-5H2,1-3H3,(H2,10,13). The van der Waals surface area contributed by atoms with Crippen LogP contribution in [0.15, 0.2) is 0 Å². The Morgan fingerprint density at radius 1 is 1.50 bits per heavy atom. The van der Waals surface area contributed by atoms with Crippen LogP contribution >= 0.6 is 23.6 Å². The summed E-state index contributed by atoms with van der Waals surface area (Å²) in [6.45, 7) is 8.08. The van der Waals surface area contributed by atoms with Crippen molar-refractivity contribution in [2.24, 2.45) is 5.73 Å². The Hall–Kier alpha value is -0.680. The van der Waals surface area contributed by atoms with E-state index in [2.05, 4.69) is 23.7 Å². The summed E-state index contributed by atoms with van der Waals surface area (Å²) < 4.78 is 0. The SMILES string of the molecule is CCN(CC)c1nc(C)c(C(N)=S)s1. The average Bonchev–Trinajstić information content (AvgIpc) is 2.50. The second-order valence-corrected chi connectivity index (χ2v) is 4.36. The normalized spacial score (nSPS) is 10.2. The number of thiazole rings is 1. The molecule has 1 heterocycles. The zero-order valence-electron chi connectivity index (χ0n) is 8.70. The van der Waals surface area contributed by atoms with Crippen LogP contribution in [0.25, 0.3) is 0 Å². The quantitative estimate of drug-likeness (QED) is 0.801. The van der Waals surface area contributed by atoms with Crippen LogP contribution in [0, 0.1) is 6.92 Å². The highest BCUT2D eigenvalue weighted by Gasteiger charge is 2.12. The first-order chi connectivity index (χ1) is 6.60. The minimum Gasteiger partial charge on any atom is -0.389 e. The van der Waals surface area contributed by atoms with Crippen LogP contribution in [0.2, 0.25) is 0 Å². The number of rotatable bonds is 4. The Balaban J connectivity index is 3.01. The van der Waals surface area contributed by atoms with Crippen LogP contribution < -0.4 is 10.6 Å². The minimum atomic E-state index is 0.443. The van der Waals surface area contributed by atoms with Gasteiger partial charge in [0.25, 0.3) is 0 Å². The smallest absolute Gasteiger partial charge is 0.186 e. The Labute approximate surface area is 93.9 Å². The summed E-state index contributed by atoms with van der Waals surface area (Å²) in [6, 6.07) is 0. The van der Waals surface area contributed by atoms with Crippen molar-refractivity contribution in [3.8, 4) is 0 Å². The lowest BCUT2D eigenvalue weighted by atomic mass is 10.4. The number of nitrogens with two attached hydrogens (primary N) is 1. The van der Waals surface area contributed by atoms with Gasteiger partial charge in [0, 0.05) is 13.1 Å². The third-order valence-corrected chi connectivity index (χ3v) is 3.63. The molecule has 0 bridgehead atoms. The molecular formula is C9H15N3S2. The number of thiocarbonyl (C=S) groups is 1. The Morgan fingerprint density at radius 2 is 2.07 bits per heavy atom. The van der Waals surface area contributed by atoms with E-state index in [0.29, 0.717) is 4.99 Å². The highest BCUT2D eigenvalue weighted by atomic mass is 32.1. The number of aromatic nitrogens is 1. The minimum absolute atomic E-state index is 0.443. The van der Waals surface area contributed by atoms with E-state index in [9.17, 15) is 0 Å². The van der Waals surface area contributed by atoms with Gasteiger partial charge >= 0.3 is 0 Å². The van der Waals surface area contributed by atoms with Gasteiger partial charge in [-0.3, -0.25) is 0 Å². The summed E-state index contributed by atoms with van der Waals surface area (Å²) in [7, 11) is 0. The van der Waals surface area contributed by atoms with Gasteiger partial charge in [0.15, 0.2) is 5.13 Å². The molecule has 1 rings (SSSR count). The lowest BCUT2D eigenvalue weighted by molar-refractivity contribution is 0.857. The van der Waals surface area contributed by atoms with Gasteiger partial charge in [-0.05, 0) is 20.8 Å². The predicted molar refractivity (Wildman–Crippen MR) is 66.3 cm³/mol. The molecule has 0 radical (unpaired) electrons. The van der Waals surface area contributed by atoms with E-state index in [1.54, 1.807) is 11.3 Å². The maximum atomic E-state index is 5.59. The van der Waals surface area contributed by atoms with Crippen LogP contribution in [-0.2, 0) is 0 Å². The molecule has 0 saturated heterocycles. The van der Waals surface area contributed by atoms with Gasteiger partial charge in [-0.15, -0.1) is 0 Å². The van der Waals surface area contributed by atoms with Gasteiger partial charge in [-0.1, -0.05) is 23.6 Å². The fourth-order valence-corrected chi connectivity index (χ4v) is 2.56. The van der Waals surface area contributed by atoms with Crippen LogP contribution in [0.4, 0.5) is 5.13 Å². The summed E-state index contributed by atoms with van der Waals surface area (Å²) in [5, 5.41) is 1.01. The van der Waals surface area contributed by atoms with E-state index in [1.165, 1.54) is 0 Å². The fourth-order valence-electron chi connectivity index (χ4n) is 1.24. The molecular weight excluding hydrogens is 214 g/mol. The molecule has 3 nitrogen and oxygen atoms in total. The molecule has 0 spiro atoms. The van der Waals surface area contributed by atoms with Gasteiger partial charge in [0.05, 0.1) is 10.6 Å². The molecule has 5 heteroatoms. The lowest BCUT2D eigenvalue weighted by Gasteiger charge is -2.16. The van der Waals surface area contributed by atoms with Crippen molar-refractivity contribution in [1.82, 2.24) is 4.98 Å². The van der Waals surface area contributed by atoms with E-state index in [1.807, 2.05) is 6.92 Å². The van der Waals surface area contributed by atoms with Crippen LogP contribution in [0.1, 0.15) is 24.4 Å². The van der Waals surface area contributed by atoms with E-state index < -0.39 is 0 Å². The fraction of sp³-hybridized carbons (Fsp3) is 0.556. The third-order valence-electron chi connectivity index (χ3n) is 2.04. The first-order valence-electron chi connectivity index (χ1n) is 4.62. The molecule has 78 valence electrons. The van der Waals surface area contributed by atoms with Crippen molar-refractivity contribution in [1.29, 1.82) is 0 Å². The van der Waals surface area contributed by atoms with Crippen LogP contribution in [-0.4, -0.2) is 23.1 Å². The van der Waals surface area contributed by atoms with Crippen LogP contribution in [0.5, 0.6) is 0 Å². The number of hydrogen-bond donors (Lipinski definition) is 1. The molecule has 0 aliphatic rings. The summed E-state index contributed by atoms with van der Waals surface area (Å²) in [4.78, 5) is 8.02. The van der Waals surface area contributed by atoms with Gasteiger partial charge in [0.2, 0.25) is 0 Å². The Bertz CT molecular complexity index is 329. The molecule has 0 unspecified atom stereocenters. The molecule has 1 aromatic heterocycles. The predicted octanol–water partition coefficient (Wildman–Crippen LogP) is 1.93. The highest BCUT2D eigenvalue weighted by Crippen LogP contribution is 2.25. The summed E-state index contributed by atoms with van der Waals surface area (Å²) in [5.74, 6) is 0. The first kappa shape index (κ1) is 11.4. The monoisotopic (exact) mass is 229 g/mol. The summed E-state index contributed by atoms with van der Waals surface area (Å²) in [6.07, 6.45) is 0. The highest BCUT2D eigenvalue weighted by molar-refractivity contribution is 7.81. The number of anilines is 1. The zero-order valence-corrected chi connectivity index (χ0v) is 10.3. The van der Waals surface area contributed by atoms with Gasteiger partial charge in [-0.25, -0.2) is 4.98 Å². The maximum absolute atomic E-state index is 5.59. The molecule has 1 aromatic rings. The van der Waals surface area contributed by atoms with Crippen molar-refractivity contribution < 1.29 is 0 Å². The van der Waals surface area contributed by atoms with Crippen molar-refractivity contribution in [2.45, 2.75) is 20.8 Å². The second kappa shape index (κ2) is 4.70. The van der Waals surface area contributed by atoms with Crippen molar-refractivity contribution >= 4 is 33.7 Å². The third kappa shape index (κ3) is 2.22. The number of nitrogens with zero attached hydrogens (tertiary/aromatic N) is 2. The Kier molecular flexibility index (Phi) is 3.83. The van der Waals surface area contributed by atoms with E-state index in [4.69, 9.17) is 18.0 Å². The largest absolute Gasteiger partial charge is 0.389 e. The van der Waals surface area contributed by atoms with Gasteiger partial charge in [0.1, 0.15) is 4.99 Å². The van der Waals surface area contributed by atoms with Crippen molar-refractivity contribution in [2.75, 3.05) is 18.0 Å². The molecule has 0 saturated carbocycles. The molecule has 0 aromatic carbocycles. The first-order valence-corrected chi connectivity index (χ1v) is 5.84.